The number of Topliss-reactive ketones (excluding diaryl/α,β-unsaturated/α-hetero) is 1. The van der Waals surface area contributed by atoms with Crippen molar-refractivity contribution in [3.63, 3.8) is 0 Å². The first-order chi connectivity index (χ1) is 22.2. The van der Waals surface area contributed by atoms with Gasteiger partial charge in [-0.3, -0.25) is 4.79 Å². The largest absolute Gasteiger partial charge is 0.508 e. The lowest BCUT2D eigenvalue weighted by atomic mass is 9.92. The normalized spacial score (nSPS) is 20.8. The third-order valence-electron chi connectivity index (χ3n) is 7.81. The molecule has 4 aromatic rings. The van der Waals surface area contributed by atoms with Crippen LogP contribution in [0.4, 0.5) is 0 Å². The summed E-state index contributed by atoms with van der Waals surface area (Å²) < 4.78 is 40.0. The van der Waals surface area contributed by atoms with Crippen LogP contribution in [0, 0.1) is 0 Å². The number of aromatic hydroxyl groups is 3. The van der Waals surface area contributed by atoms with E-state index in [-0.39, 0.29) is 59.0 Å². The molecule has 13 nitrogen and oxygen atoms in total. The van der Waals surface area contributed by atoms with Gasteiger partial charge in [0.25, 0.3) is 0 Å². The molecule has 3 aliphatic heterocycles. The topological polar surface area (TPSA) is 180 Å². The van der Waals surface area contributed by atoms with Gasteiger partial charge in [0.1, 0.15) is 29.4 Å². The van der Waals surface area contributed by atoms with Crippen molar-refractivity contribution in [1.82, 2.24) is 0 Å². The van der Waals surface area contributed by atoms with E-state index in [9.17, 15) is 30.0 Å². The molecule has 0 fully saturated rings. The lowest BCUT2D eigenvalue weighted by molar-refractivity contribution is -0.0259. The fourth-order valence-electron chi connectivity index (χ4n) is 5.53. The van der Waals surface area contributed by atoms with E-state index in [0.29, 0.717) is 22.6 Å². The zero-order valence-corrected chi connectivity index (χ0v) is 24.0. The Morgan fingerprint density at radius 3 is 2.35 bits per heavy atom. The Kier molecular flexibility index (Phi) is 7.09. The summed E-state index contributed by atoms with van der Waals surface area (Å²) in [5.74, 6) is -0.802. The molecule has 13 heteroatoms. The number of ketones is 1. The summed E-state index contributed by atoms with van der Waals surface area (Å²) in [4.78, 5) is 25.9. The van der Waals surface area contributed by atoms with Gasteiger partial charge in [0.05, 0.1) is 12.7 Å². The van der Waals surface area contributed by atoms with Crippen LogP contribution in [0.1, 0.15) is 44.1 Å². The summed E-state index contributed by atoms with van der Waals surface area (Å²) in [6, 6.07) is 16.1. The molecule has 3 heterocycles. The molecule has 0 amide bonds. The average Bonchev–Trinajstić information content (AvgIpc) is 3.53. The molecule has 0 radical (unpaired) electrons. The molecule has 0 bridgehead atoms. The van der Waals surface area contributed by atoms with Crippen LogP contribution in [-0.2, 0) is 4.74 Å². The van der Waals surface area contributed by atoms with Gasteiger partial charge in [-0.25, -0.2) is 4.79 Å². The van der Waals surface area contributed by atoms with E-state index in [0.717, 1.165) is 6.07 Å². The quantitative estimate of drug-likeness (QED) is 0.225. The Balaban J connectivity index is 1.18. The van der Waals surface area contributed by atoms with Crippen molar-refractivity contribution in [1.29, 1.82) is 0 Å². The second-order valence-electron chi connectivity index (χ2n) is 10.7. The summed E-state index contributed by atoms with van der Waals surface area (Å²) in [6.07, 6.45) is -4.62. The third-order valence-corrected chi connectivity index (χ3v) is 7.81. The van der Waals surface area contributed by atoms with Crippen LogP contribution in [0.3, 0.4) is 0 Å². The van der Waals surface area contributed by atoms with Gasteiger partial charge in [-0.1, -0.05) is 12.1 Å². The number of fused-ring (bicyclic) bond motifs is 3. The molecule has 4 N–H and O–H groups in total. The summed E-state index contributed by atoms with van der Waals surface area (Å²) in [6.45, 7) is -0.173. The Hall–Kier alpha value is -5.82. The maximum Gasteiger partial charge on any atom is 0.338 e. The highest BCUT2D eigenvalue weighted by Gasteiger charge is 2.41. The lowest BCUT2D eigenvalue weighted by Gasteiger charge is -2.35. The molecule has 4 aromatic carbocycles. The molecular formula is C33H26O13. The van der Waals surface area contributed by atoms with Gasteiger partial charge in [-0.2, -0.15) is 0 Å². The smallest absolute Gasteiger partial charge is 0.338 e. The molecule has 236 valence electrons. The number of hydrogen-bond donors (Lipinski definition) is 4. The fourth-order valence-corrected chi connectivity index (χ4v) is 5.53. The van der Waals surface area contributed by atoms with Gasteiger partial charge < -0.3 is 53.6 Å². The molecule has 4 atom stereocenters. The van der Waals surface area contributed by atoms with Crippen molar-refractivity contribution in [2.75, 3.05) is 20.5 Å². The summed E-state index contributed by atoms with van der Waals surface area (Å²) >= 11 is 0. The molecule has 0 aliphatic carbocycles. The number of hydrogen-bond acceptors (Lipinski definition) is 13. The molecule has 3 aliphatic rings. The van der Waals surface area contributed by atoms with Crippen LogP contribution in [0.5, 0.6) is 51.7 Å². The van der Waals surface area contributed by atoms with Crippen molar-refractivity contribution in [3.8, 4) is 51.7 Å². The number of rotatable bonds is 6. The van der Waals surface area contributed by atoms with Gasteiger partial charge >= 0.3 is 5.97 Å². The molecule has 0 aromatic heterocycles. The lowest BCUT2D eigenvalue weighted by Crippen LogP contribution is -2.38. The van der Waals surface area contributed by atoms with Crippen molar-refractivity contribution in [2.45, 2.75) is 24.4 Å². The van der Waals surface area contributed by atoms with Crippen LogP contribution < -0.4 is 28.4 Å². The van der Waals surface area contributed by atoms with Gasteiger partial charge in [-0.15, -0.1) is 0 Å². The summed E-state index contributed by atoms with van der Waals surface area (Å²) in [5, 5.41) is 41.1. The molecular weight excluding hydrogens is 604 g/mol. The predicted octanol–water partition coefficient (Wildman–Crippen LogP) is 3.96. The first-order valence-corrected chi connectivity index (χ1v) is 14.1. The highest BCUT2D eigenvalue weighted by atomic mass is 16.7. The highest BCUT2D eigenvalue weighted by Crippen LogP contribution is 2.46. The summed E-state index contributed by atoms with van der Waals surface area (Å²) in [7, 11) is 1.40. The van der Waals surface area contributed by atoms with Crippen LogP contribution in [-0.4, -0.2) is 64.9 Å². The Bertz CT molecular complexity index is 1870. The number of phenols is 3. The average molecular weight is 631 g/mol. The van der Waals surface area contributed by atoms with Crippen LogP contribution in [0.15, 0.2) is 66.7 Å². The number of methoxy groups -OCH3 is 1. The van der Waals surface area contributed by atoms with E-state index < -0.39 is 41.9 Å². The van der Waals surface area contributed by atoms with Crippen molar-refractivity contribution >= 4 is 11.8 Å². The maximum atomic E-state index is 13.0. The first kappa shape index (κ1) is 28.9. The predicted molar refractivity (Wildman–Crippen MR) is 155 cm³/mol. The Labute approximate surface area is 260 Å². The second kappa shape index (κ2) is 11.3. The van der Waals surface area contributed by atoms with Crippen molar-refractivity contribution in [3.05, 3.63) is 89.0 Å². The number of aliphatic hydroxyl groups is 1. The molecule has 0 spiro atoms. The number of carbonyl (C=O) groups excluding carboxylic acids is 2. The molecule has 0 saturated heterocycles. The molecule has 46 heavy (non-hydrogen) atoms. The highest BCUT2D eigenvalue weighted by molar-refractivity contribution is 6.05. The number of esters is 1. The third kappa shape index (κ3) is 5.06. The van der Waals surface area contributed by atoms with Gasteiger partial charge in [-0.05, 0) is 48.0 Å². The van der Waals surface area contributed by atoms with Crippen molar-refractivity contribution < 1.29 is 63.2 Å². The maximum absolute atomic E-state index is 13.0. The zero-order valence-electron chi connectivity index (χ0n) is 24.0. The van der Waals surface area contributed by atoms with Crippen LogP contribution in [0.25, 0.3) is 0 Å². The van der Waals surface area contributed by atoms with E-state index in [1.54, 1.807) is 36.4 Å². The molecule has 0 saturated carbocycles. The fraction of sp³-hybridized carbons (Fsp3) is 0.212. The Morgan fingerprint density at radius 1 is 0.783 bits per heavy atom. The molecule has 7 rings (SSSR count). The van der Waals surface area contributed by atoms with Gasteiger partial charge in [0.2, 0.25) is 12.6 Å². The zero-order chi connectivity index (χ0) is 32.1. The van der Waals surface area contributed by atoms with Gasteiger partial charge in [0.15, 0.2) is 58.9 Å². The number of aliphatic hydroxyl groups excluding tert-OH is 1. The second-order valence-corrected chi connectivity index (χ2v) is 10.7. The number of ether oxygens (including phenoxy) is 7. The van der Waals surface area contributed by atoms with E-state index in [1.165, 1.54) is 31.4 Å². The van der Waals surface area contributed by atoms with E-state index in [4.69, 9.17) is 33.2 Å². The van der Waals surface area contributed by atoms with Crippen LogP contribution in [0.2, 0.25) is 0 Å². The standard InChI is InChI=1S/C33H26O13/c1-40-23-8-15(2-5-19(23)35)31-27(13-41-33(39)17-4-6-21-24(10-17)43-14-42-21)44-22-7-3-16(9-25(22)45-31)32-30(38)29(37)28-20(36)11-18(34)12-26(28)46-32/h2-12,27,30-32,34-36,38H,13-14H2,1H3/t27?,30-,31?,32+/m0/s1. The van der Waals surface area contributed by atoms with Crippen LogP contribution >= 0.6 is 0 Å². The Morgan fingerprint density at radius 2 is 1.52 bits per heavy atom. The van der Waals surface area contributed by atoms with Gasteiger partial charge in [0, 0.05) is 17.7 Å². The van der Waals surface area contributed by atoms with Crippen molar-refractivity contribution in [2.24, 2.45) is 0 Å². The monoisotopic (exact) mass is 630 g/mol. The number of carbonyl (C=O) groups is 2. The minimum absolute atomic E-state index is 0.0581. The first-order valence-electron chi connectivity index (χ1n) is 14.1. The number of benzene rings is 4. The summed E-state index contributed by atoms with van der Waals surface area (Å²) in [5.41, 5.74) is 0.876. The molecule has 2 unspecified atom stereocenters. The minimum Gasteiger partial charge on any atom is -0.508 e. The SMILES string of the molecule is COc1cc(C2Oc3cc([C@H]4Oc5cc(O)cc(O)c5C(=O)[C@@H]4O)ccc3OC2COC(=O)c2ccc3c(c2)OCO3)ccc1O. The van der Waals surface area contributed by atoms with E-state index in [2.05, 4.69) is 0 Å². The minimum atomic E-state index is -1.68. The van der Waals surface area contributed by atoms with E-state index >= 15 is 0 Å². The number of phenolic OH excluding ortho intramolecular Hbond substituents is 3. The van der Waals surface area contributed by atoms with E-state index in [1.807, 2.05) is 0 Å².